The molecule has 1 N–H and O–H groups in total. The first-order valence-electron chi connectivity index (χ1n) is 14.2. The van der Waals surface area contributed by atoms with Crippen molar-refractivity contribution in [2.24, 2.45) is 17.3 Å². The summed E-state index contributed by atoms with van der Waals surface area (Å²) < 4.78 is 6.81. The molecular weight excluding hydrogens is 456 g/mol. The molecular formula is C29H42N2O5. The summed E-state index contributed by atoms with van der Waals surface area (Å²) >= 11 is 0. The van der Waals surface area contributed by atoms with Crippen LogP contribution in [-0.4, -0.2) is 51.7 Å². The van der Waals surface area contributed by atoms with Gasteiger partial charge in [0.2, 0.25) is 5.91 Å². The van der Waals surface area contributed by atoms with Crippen molar-refractivity contribution in [1.29, 1.82) is 0 Å². The van der Waals surface area contributed by atoms with Gasteiger partial charge >= 0.3 is 5.97 Å². The summed E-state index contributed by atoms with van der Waals surface area (Å²) in [7, 11) is 0. The van der Waals surface area contributed by atoms with Crippen LogP contribution in [0.3, 0.4) is 0 Å². The number of hydrogen-bond donors (Lipinski definition) is 1. The highest BCUT2D eigenvalue weighted by Crippen LogP contribution is 2.52. The molecule has 0 radical (unpaired) electrons. The Bertz CT molecular complexity index is 1050. The Morgan fingerprint density at radius 2 is 1.86 bits per heavy atom. The van der Waals surface area contributed by atoms with Gasteiger partial charge in [0.25, 0.3) is 5.56 Å². The van der Waals surface area contributed by atoms with Crippen molar-refractivity contribution in [3.63, 3.8) is 0 Å². The van der Waals surface area contributed by atoms with Gasteiger partial charge in [-0.3, -0.25) is 9.59 Å². The summed E-state index contributed by atoms with van der Waals surface area (Å²) in [5, 5.41) is 12.1. The minimum atomic E-state index is -1.10. The smallest absolute Gasteiger partial charge is 0.339 e. The van der Waals surface area contributed by atoms with E-state index in [1.54, 1.807) is 19.2 Å². The Morgan fingerprint density at radius 1 is 1.14 bits per heavy atom. The van der Waals surface area contributed by atoms with Crippen molar-refractivity contribution in [1.82, 2.24) is 9.47 Å². The molecule has 198 valence electrons. The van der Waals surface area contributed by atoms with Crippen LogP contribution in [0, 0.1) is 17.3 Å². The molecule has 4 aliphatic rings. The van der Waals surface area contributed by atoms with Crippen LogP contribution in [-0.2, 0) is 16.1 Å². The molecule has 1 saturated heterocycles. The third-order valence-electron chi connectivity index (χ3n) is 9.58. The molecule has 0 bridgehead atoms. The van der Waals surface area contributed by atoms with Gasteiger partial charge < -0.3 is 19.3 Å². The number of carbonyl (C=O) groups excluding carboxylic acids is 2. The average molecular weight is 499 g/mol. The highest BCUT2D eigenvalue weighted by atomic mass is 16.5. The number of ether oxygens (including phenoxy) is 1. The van der Waals surface area contributed by atoms with Gasteiger partial charge in [0, 0.05) is 36.7 Å². The fourth-order valence-corrected chi connectivity index (χ4v) is 7.03. The largest absolute Gasteiger partial charge is 0.462 e. The molecule has 1 spiro atoms. The van der Waals surface area contributed by atoms with Crippen molar-refractivity contribution in [2.75, 3.05) is 19.7 Å². The maximum absolute atomic E-state index is 13.4. The molecule has 2 unspecified atom stereocenters. The number of esters is 1. The second-order valence-corrected chi connectivity index (χ2v) is 12.1. The minimum Gasteiger partial charge on any atom is -0.462 e. The number of likely N-dealkylation sites (tertiary alicyclic amines) is 1. The summed E-state index contributed by atoms with van der Waals surface area (Å²) in [5.41, 5.74) is -0.484. The predicted molar refractivity (Wildman–Crippen MR) is 137 cm³/mol. The number of amides is 1. The SMILES string of the molecule is CCOC(=O)c1cn(CC2(O)CCN(C(=O)C(C)CC3CCC3)CC23CCCC3)c(=O)cc1C1CC1. The summed E-state index contributed by atoms with van der Waals surface area (Å²) in [4.78, 5) is 41.2. The molecule has 2 heterocycles. The van der Waals surface area contributed by atoms with E-state index >= 15 is 0 Å². The molecule has 1 aliphatic heterocycles. The fraction of sp³-hybridized carbons (Fsp3) is 0.759. The molecule has 5 rings (SSSR count). The van der Waals surface area contributed by atoms with Gasteiger partial charge in [-0.05, 0) is 62.8 Å². The van der Waals surface area contributed by atoms with Crippen molar-refractivity contribution in [3.8, 4) is 0 Å². The van der Waals surface area contributed by atoms with Crippen molar-refractivity contribution >= 4 is 11.9 Å². The van der Waals surface area contributed by atoms with Crippen LogP contribution >= 0.6 is 0 Å². The topological polar surface area (TPSA) is 88.8 Å². The van der Waals surface area contributed by atoms with Crippen LogP contribution in [0.25, 0.3) is 0 Å². The van der Waals surface area contributed by atoms with E-state index in [1.807, 2.05) is 4.90 Å². The number of pyridine rings is 1. The van der Waals surface area contributed by atoms with E-state index in [0.29, 0.717) is 31.0 Å². The molecule has 1 aromatic rings. The molecule has 0 aromatic carbocycles. The number of rotatable bonds is 8. The van der Waals surface area contributed by atoms with E-state index in [2.05, 4.69) is 6.92 Å². The van der Waals surface area contributed by atoms with Crippen LogP contribution in [0.5, 0.6) is 0 Å². The number of aliphatic hydroxyl groups is 1. The van der Waals surface area contributed by atoms with Crippen LogP contribution in [0.15, 0.2) is 17.1 Å². The van der Waals surface area contributed by atoms with Gasteiger partial charge in [-0.15, -0.1) is 0 Å². The van der Waals surface area contributed by atoms with E-state index in [9.17, 15) is 19.5 Å². The minimum absolute atomic E-state index is 0.0182. The van der Waals surface area contributed by atoms with Crippen LogP contribution in [0.2, 0.25) is 0 Å². The number of piperidine rings is 1. The third kappa shape index (κ3) is 4.75. The van der Waals surface area contributed by atoms with Crippen LogP contribution in [0.1, 0.15) is 106 Å². The van der Waals surface area contributed by atoms with Gasteiger partial charge in [-0.2, -0.15) is 0 Å². The third-order valence-corrected chi connectivity index (χ3v) is 9.58. The maximum Gasteiger partial charge on any atom is 0.339 e. The Labute approximate surface area is 214 Å². The molecule has 1 amide bonds. The fourth-order valence-electron chi connectivity index (χ4n) is 7.03. The standard InChI is InChI=1S/C29H42N2O5/c1-3-36-27(34)24-17-31(25(32)16-23(24)22-9-10-22)19-29(35)13-14-30(18-28(29)11-4-5-12-28)26(33)20(2)15-21-7-6-8-21/h16-17,20-22,35H,3-15,18-19H2,1-2H3. The molecule has 2 atom stereocenters. The number of aromatic nitrogens is 1. The molecule has 7 heteroatoms. The Kier molecular flexibility index (Phi) is 7.05. The monoisotopic (exact) mass is 498 g/mol. The van der Waals surface area contributed by atoms with E-state index in [4.69, 9.17) is 4.74 Å². The lowest BCUT2D eigenvalue weighted by molar-refractivity contribution is -0.163. The second kappa shape index (κ2) is 9.96. The summed E-state index contributed by atoms with van der Waals surface area (Å²) in [6.07, 6.45) is 12.5. The zero-order valence-electron chi connectivity index (χ0n) is 22.0. The molecule has 3 saturated carbocycles. The lowest BCUT2D eigenvalue weighted by Gasteiger charge is -2.53. The van der Waals surface area contributed by atoms with E-state index < -0.39 is 17.0 Å². The molecule has 7 nitrogen and oxygen atoms in total. The summed E-state index contributed by atoms with van der Waals surface area (Å²) in [6.45, 7) is 5.31. The molecule has 1 aromatic heterocycles. The highest BCUT2D eigenvalue weighted by Gasteiger charge is 2.56. The average Bonchev–Trinajstić information content (AvgIpc) is 3.57. The van der Waals surface area contributed by atoms with Crippen LogP contribution in [0.4, 0.5) is 0 Å². The summed E-state index contributed by atoms with van der Waals surface area (Å²) in [5.74, 6) is 0.754. The number of nitrogens with zero attached hydrogens (tertiary/aromatic N) is 2. The predicted octanol–water partition coefficient (Wildman–Crippen LogP) is 4.25. The molecule has 4 fully saturated rings. The zero-order valence-corrected chi connectivity index (χ0v) is 22.0. The van der Waals surface area contributed by atoms with Gasteiger partial charge in [0.15, 0.2) is 0 Å². The van der Waals surface area contributed by atoms with Gasteiger partial charge in [-0.25, -0.2) is 4.79 Å². The quantitative estimate of drug-likeness (QED) is 0.541. The maximum atomic E-state index is 13.4. The molecule has 36 heavy (non-hydrogen) atoms. The normalized spacial score (nSPS) is 26.6. The zero-order chi connectivity index (χ0) is 25.5. The Hall–Kier alpha value is -2.15. The lowest BCUT2D eigenvalue weighted by Crippen LogP contribution is -2.62. The van der Waals surface area contributed by atoms with Gasteiger partial charge in [-0.1, -0.05) is 39.0 Å². The highest BCUT2D eigenvalue weighted by molar-refractivity contribution is 5.91. The first kappa shape index (κ1) is 25.5. The van der Waals surface area contributed by atoms with Crippen molar-refractivity contribution in [3.05, 3.63) is 33.7 Å². The van der Waals surface area contributed by atoms with Gasteiger partial charge in [0.1, 0.15) is 0 Å². The van der Waals surface area contributed by atoms with Gasteiger partial charge in [0.05, 0.1) is 24.3 Å². The number of hydrogen-bond acceptors (Lipinski definition) is 5. The van der Waals surface area contributed by atoms with Crippen molar-refractivity contribution in [2.45, 2.75) is 103 Å². The second-order valence-electron chi connectivity index (χ2n) is 12.1. The van der Waals surface area contributed by atoms with Crippen LogP contribution < -0.4 is 5.56 Å². The molecule has 3 aliphatic carbocycles. The number of carbonyl (C=O) groups is 2. The van der Waals surface area contributed by atoms with Crippen molar-refractivity contribution < 1.29 is 19.4 Å². The summed E-state index contributed by atoms with van der Waals surface area (Å²) in [6, 6.07) is 1.58. The van der Waals surface area contributed by atoms with E-state index in [0.717, 1.165) is 50.5 Å². The lowest BCUT2D eigenvalue weighted by atomic mass is 9.65. The first-order valence-corrected chi connectivity index (χ1v) is 14.2. The van der Waals surface area contributed by atoms with E-state index in [1.165, 1.54) is 23.8 Å². The first-order chi connectivity index (χ1) is 17.2. The Morgan fingerprint density at radius 3 is 2.47 bits per heavy atom. The Balaban J connectivity index is 1.38. The van der Waals surface area contributed by atoms with E-state index in [-0.39, 0.29) is 36.5 Å².